The number of aromatic nitrogens is 1. The second kappa shape index (κ2) is 5.85. The summed E-state index contributed by atoms with van der Waals surface area (Å²) in [5, 5.41) is 11.7. The average Bonchev–Trinajstić information content (AvgIpc) is 2.41. The van der Waals surface area contributed by atoms with Gasteiger partial charge < -0.3 is 10.4 Å². The minimum Gasteiger partial charge on any atom is -0.384 e. The molecule has 1 aromatic rings. The first-order chi connectivity index (χ1) is 9.19. The second-order valence-corrected chi connectivity index (χ2v) is 4.83. The highest BCUT2D eigenvalue weighted by molar-refractivity contribution is 5.92. The van der Waals surface area contributed by atoms with Crippen molar-refractivity contribution in [2.45, 2.75) is 38.1 Å². The number of nitrogens with zero attached hydrogens (tertiary/aromatic N) is 1. The Morgan fingerprint density at radius 1 is 1.53 bits per heavy atom. The Labute approximate surface area is 113 Å². The molecule has 19 heavy (non-hydrogen) atoms. The highest BCUT2D eigenvalue weighted by Crippen LogP contribution is 2.34. The molecule has 1 aromatic heterocycles. The molecule has 1 amide bonds. The van der Waals surface area contributed by atoms with Gasteiger partial charge in [0.25, 0.3) is 5.91 Å². The highest BCUT2D eigenvalue weighted by Gasteiger charge is 2.36. The molecule has 4 nitrogen and oxygen atoms in total. The normalized spacial score (nSPS) is 15.9. The number of hydrogen-bond donors (Lipinski definition) is 2. The van der Waals surface area contributed by atoms with Gasteiger partial charge in [-0.25, -0.2) is 4.98 Å². The number of nitrogens with one attached hydrogen (secondary N) is 1. The van der Waals surface area contributed by atoms with E-state index in [1.54, 1.807) is 18.3 Å². The third-order valence-corrected chi connectivity index (χ3v) is 3.67. The maximum absolute atomic E-state index is 12.1. The summed E-state index contributed by atoms with van der Waals surface area (Å²) >= 11 is 0. The van der Waals surface area contributed by atoms with E-state index in [2.05, 4.69) is 29.1 Å². The first-order valence-corrected chi connectivity index (χ1v) is 6.57. The monoisotopic (exact) mass is 258 g/mol. The standard InChI is InChI=1S/C15H18N2O2/c1-2-15(8-4-9-15)17-14(19)13-7-6-12(11-16-13)5-3-10-18/h6-7,11,18H,2,4,8-10H2,1H3,(H,17,19). The molecule has 2 rings (SSSR count). The SMILES string of the molecule is CCC1(NC(=O)c2ccc(C#CCO)cn2)CCC1. The number of amides is 1. The Bertz CT molecular complexity index is 502. The van der Waals surface area contributed by atoms with Crippen molar-refractivity contribution in [1.82, 2.24) is 10.3 Å². The summed E-state index contributed by atoms with van der Waals surface area (Å²) in [6.07, 6.45) is 5.79. The van der Waals surface area contributed by atoms with E-state index in [-0.39, 0.29) is 18.1 Å². The fourth-order valence-electron chi connectivity index (χ4n) is 2.22. The summed E-state index contributed by atoms with van der Waals surface area (Å²) in [5.74, 6) is 5.17. The smallest absolute Gasteiger partial charge is 0.270 e. The van der Waals surface area contributed by atoms with Crippen LogP contribution in [0.4, 0.5) is 0 Å². The van der Waals surface area contributed by atoms with Gasteiger partial charge in [-0.15, -0.1) is 0 Å². The fourth-order valence-corrected chi connectivity index (χ4v) is 2.22. The molecule has 0 radical (unpaired) electrons. The number of rotatable bonds is 3. The van der Waals surface area contributed by atoms with E-state index >= 15 is 0 Å². The van der Waals surface area contributed by atoms with Crippen molar-refractivity contribution in [3.8, 4) is 11.8 Å². The van der Waals surface area contributed by atoms with Crippen LogP contribution in [0.15, 0.2) is 18.3 Å². The lowest BCUT2D eigenvalue weighted by molar-refractivity contribution is 0.0815. The highest BCUT2D eigenvalue weighted by atomic mass is 16.2. The van der Waals surface area contributed by atoms with Gasteiger partial charge in [-0.3, -0.25) is 4.79 Å². The molecule has 1 heterocycles. The number of hydrogen-bond acceptors (Lipinski definition) is 3. The van der Waals surface area contributed by atoms with E-state index in [1.165, 1.54) is 6.42 Å². The van der Waals surface area contributed by atoms with Crippen LogP contribution in [0.1, 0.15) is 48.7 Å². The summed E-state index contributed by atoms with van der Waals surface area (Å²) in [5.41, 5.74) is 1.09. The maximum Gasteiger partial charge on any atom is 0.270 e. The van der Waals surface area contributed by atoms with E-state index < -0.39 is 0 Å². The summed E-state index contributed by atoms with van der Waals surface area (Å²) in [6, 6.07) is 3.41. The molecule has 1 aliphatic rings. The molecular formula is C15H18N2O2. The van der Waals surface area contributed by atoms with Crippen LogP contribution in [-0.4, -0.2) is 28.1 Å². The molecule has 1 fully saturated rings. The Balaban J connectivity index is 2.03. The number of aliphatic hydroxyl groups is 1. The van der Waals surface area contributed by atoms with Crippen molar-refractivity contribution < 1.29 is 9.90 Å². The van der Waals surface area contributed by atoms with Crippen LogP contribution in [0.25, 0.3) is 0 Å². The van der Waals surface area contributed by atoms with Crippen molar-refractivity contribution in [3.05, 3.63) is 29.6 Å². The Hall–Kier alpha value is -1.86. The second-order valence-electron chi connectivity index (χ2n) is 4.83. The van der Waals surface area contributed by atoms with Gasteiger partial charge in [-0.05, 0) is 37.8 Å². The van der Waals surface area contributed by atoms with Gasteiger partial charge in [0.2, 0.25) is 0 Å². The largest absolute Gasteiger partial charge is 0.384 e. The Morgan fingerprint density at radius 3 is 2.79 bits per heavy atom. The average molecular weight is 258 g/mol. The van der Waals surface area contributed by atoms with Crippen LogP contribution in [0.5, 0.6) is 0 Å². The van der Waals surface area contributed by atoms with Gasteiger partial charge >= 0.3 is 0 Å². The molecular weight excluding hydrogens is 240 g/mol. The van der Waals surface area contributed by atoms with Gasteiger partial charge in [-0.2, -0.15) is 0 Å². The van der Waals surface area contributed by atoms with Gasteiger partial charge in [0, 0.05) is 17.3 Å². The summed E-state index contributed by atoms with van der Waals surface area (Å²) in [6.45, 7) is 1.92. The quantitative estimate of drug-likeness (QED) is 0.807. The summed E-state index contributed by atoms with van der Waals surface area (Å²) in [7, 11) is 0. The number of carbonyl (C=O) groups is 1. The van der Waals surface area contributed by atoms with Crippen molar-refractivity contribution in [2.24, 2.45) is 0 Å². The molecule has 1 aliphatic carbocycles. The molecule has 0 atom stereocenters. The summed E-state index contributed by atoms with van der Waals surface area (Å²) in [4.78, 5) is 16.2. The van der Waals surface area contributed by atoms with Crippen LogP contribution in [0, 0.1) is 11.8 Å². The van der Waals surface area contributed by atoms with Crippen molar-refractivity contribution in [3.63, 3.8) is 0 Å². The van der Waals surface area contributed by atoms with Crippen molar-refractivity contribution in [2.75, 3.05) is 6.61 Å². The molecule has 2 N–H and O–H groups in total. The van der Waals surface area contributed by atoms with Gasteiger partial charge in [0.15, 0.2) is 0 Å². The van der Waals surface area contributed by atoms with Crippen LogP contribution >= 0.6 is 0 Å². The molecule has 4 heteroatoms. The molecule has 0 unspecified atom stereocenters. The minimum atomic E-state index is -0.179. The minimum absolute atomic E-state index is 0.0197. The number of aliphatic hydroxyl groups excluding tert-OH is 1. The van der Waals surface area contributed by atoms with Crippen LogP contribution < -0.4 is 5.32 Å². The Morgan fingerprint density at radius 2 is 2.32 bits per heavy atom. The van der Waals surface area contributed by atoms with E-state index in [1.807, 2.05) is 0 Å². The topological polar surface area (TPSA) is 62.2 Å². The number of pyridine rings is 1. The first-order valence-electron chi connectivity index (χ1n) is 6.57. The zero-order valence-electron chi connectivity index (χ0n) is 11.1. The third-order valence-electron chi connectivity index (χ3n) is 3.67. The molecule has 0 bridgehead atoms. The van der Waals surface area contributed by atoms with Gasteiger partial charge in [-0.1, -0.05) is 18.8 Å². The molecule has 1 saturated carbocycles. The van der Waals surface area contributed by atoms with E-state index in [9.17, 15) is 4.79 Å². The lowest BCUT2D eigenvalue weighted by Crippen LogP contribution is -2.53. The summed E-state index contributed by atoms with van der Waals surface area (Å²) < 4.78 is 0. The lowest BCUT2D eigenvalue weighted by Gasteiger charge is -2.41. The third kappa shape index (κ3) is 3.12. The maximum atomic E-state index is 12.1. The zero-order valence-corrected chi connectivity index (χ0v) is 11.1. The molecule has 100 valence electrons. The zero-order chi connectivity index (χ0) is 13.7. The van der Waals surface area contributed by atoms with E-state index in [4.69, 9.17) is 5.11 Å². The molecule has 0 aromatic carbocycles. The lowest BCUT2D eigenvalue weighted by atomic mass is 9.75. The van der Waals surface area contributed by atoms with Gasteiger partial charge in [0.05, 0.1) is 0 Å². The van der Waals surface area contributed by atoms with E-state index in [0.29, 0.717) is 11.3 Å². The predicted molar refractivity (Wildman–Crippen MR) is 72.5 cm³/mol. The molecule has 0 aliphatic heterocycles. The van der Waals surface area contributed by atoms with Gasteiger partial charge in [0.1, 0.15) is 12.3 Å². The fraction of sp³-hybridized carbons (Fsp3) is 0.467. The molecule has 0 spiro atoms. The van der Waals surface area contributed by atoms with Crippen molar-refractivity contribution in [1.29, 1.82) is 0 Å². The van der Waals surface area contributed by atoms with Crippen molar-refractivity contribution >= 4 is 5.91 Å². The first kappa shape index (κ1) is 13.6. The van der Waals surface area contributed by atoms with Crippen LogP contribution in [0.3, 0.4) is 0 Å². The molecule has 0 saturated heterocycles. The Kier molecular flexibility index (Phi) is 4.18. The van der Waals surface area contributed by atoms with E-state index in [0.717, 1.165) is 19.3 Å². The predicted octanol–water partition coefficient (Wildman–Crippen LogP) is 1.49. The van der Waals surface area contributed by atoms with Crippen LogP contribution in [0.2, 0.25) is 0 Å². The number of carbonyl (C=O) groups excluding carboxylic acids is 1. The van der Waals surface area contributed by atoms with Crippen LogP contribution in [-0.2, 0) is 0 Å².